The SMILES string of the molecule is CCC1=C(C)C([Si](C)(C)Cl)c2c(C)c(C)c(C)c(C)c21. The maximum absolute atomic E-state index is 6.91. The predicted molar refractivity (Wildman–Crippen MR) is 94.4 cm³/mol. The second-order valence-corrected chi connectivity index (χ2v) is 13.4. The van der Waals surface area contributed by atoms with Crippen molar-refractivity contribution in [3.63, 3.8) is 0 Å². The van der Waals surface area contributed by atoms with E-state index in [1.807, 2.05) is 0 Å². The van der Waals surface area contributed by atoms with Crippen LogP contribution in [0, 0.1) is 27.7 Å². The molecule has 0 fully saturated rings. The predicted octanol–water partition coefficient (Wildman–Crippen LogP) is 6.18. The molecule has 0 radical (unpaired) electrons. The van der Waals surface area contributed by atoms with Gasteiger partial charge in [0.05, 0.1) is 0 Å². The fourth-order valence-corrected chi connectivity index (χ4v) is 7.06. The summed E-state index contributed by atoms with van der Waals surface area (Å²) in [6.07, 6.45) is 1.11. The summed E-state index contributed by atoms with van der Waals surface area (Å²) >= 11 is 6.91. The number of fused-ring (bicyclic) bond motifs is 1. The van der Waals surface area contributed by atoms with Gasteiger partial charge in [0, 0.05) is 5.54 Å². The first kappa shape index (κ1) is 15.8. The second-order valence-electron chi connectivity index (χ2n) is 6.80. The molecule has 0 spiro atoms. The van der Waals surface area contributed by atoms with Crippen LogP contribution in [0.2, 0.25) is 13.1 Å². The largest absolute Gasteiger partial charge is 0.167 e. The molecular formula is C18H27ClSi. The fraction of sp³-hybridized carbons (Fsp3) is 0.556. The highest BCUT2D eigenvalue weighted by Gasteiger charge is 2.41. The van der Waals surface area contributed by atoms with E-state index in [0.29, 0.717) is 5.54 Å². The van der Waals surface area contributed by atoms with E-state index in [1.54, 1.807) is 11.1 Å². The monoisotopic (exact) mass is 306 g/mol. The van der Waals surface area contributed by atoms with E-state index < -0.39 is 7.38 Å². The van der Waals surface area contributed by atoms with Gasteiger partial charge in [-0.1, -0.05) is 25.6 Å². The van der Waals surface area contributed by atoms with Crippen molar-refractivity contribution in [1.29, 1.82) is 0 Å². The Hall–Kier alpha value is -0.533. The van der Waals surface area contributed by atoms with Crippen LogP contribution >= 0.6 is 11.1 Å². The lowest BCUT2D eigenvalue weighted by Gasteiger charge is -2.28. The molecule has 2 rings (SSSR count). The molecule has 0 nitrogen and oxygen atoms in total. The lowest BCUT2D eigenvalue weighted by molar-refractivity contribution is 1.04. The van der Waals surface area contributed by atoms with Gasteiger partial charge in [-0.25, -0.2) is 0 Å². The van der Waals surface area contributed by atoms with Crippen molar-refractivity contribution in [2.45, 2.75) is 66.6 Å². The number of allylic oxidation sites excluding steroid dienone is 2. The van der Waals surface area contributed by atoms with E-state index in [1.165, 1.54) is 33.4 Å². The minimum atomic E-state index is -1.78. The van der Waals surface area contributed by atoms with Crippen LogP contribution in [0.15, 0.2) is 5.57 Å². The highest BCUT2D eigenvalue weighted by atomic mass is 35.6. The summed E-state index contributed by atoms with van der Waals surface area (Å²) in [5, 5.41) is 0. The average molecular weight is 307 g/mol. The Kier molecular flexibility index (Phi) is 3.99. The van der Waals surface area contributed by atoms with Crippen LogP contribution in [-0.2, 0) is 0 Å². The standard InChI is InChI=1S/C18H27ClSi/c1-9-15-14(6)18(20(7,8)19)17-13(5)11(3)10(2)12(4)16(15)17/h18H,9H2,1-8H3. The number of benzene rings is 1. The molecule has 1 aromatic carbocycles. The molecule has 0 amide bonds. The molecule has 0 bridgehead atoms. The van der Waals surface area contributed by atoms with Gasteiger partial charge in [0.15, 0.2) is 7.38 Å². The van der Waals surface area contributed by atoms with Crippen molar-refractivity contribution in [2.75, 3.05) is 0 Å². The summed E-state index contributed by atoms with van der Waals surface area (Å²) in [5.74, 6) is 0. The van der Waals surface area contributed by atoms with E-state index in [9.17, 15) is 0 Å². The molecule has 2 heteroatoms. The summed E-state index contributed by atoms with van der Waals surface area (Å²) in [7, 11) is -1.78. The number of hydrogen-bond donors (Lipinski definition) is 0. The normalized spacial score (nSPS) is 18.8. The Morgan fingerprint density at radius 1 is 0.900 bits per heavy atom. The van der Waals surface area contributed by atoms with E-state index in [2.05, 4.69) is 54.6 Å². The lowest BCUT2D eigenvalue weighted by atomic mass is 9.88. The Bertz CT molecular complexity index is 603. The Morgan fingerprint density at radius 3 is 1.85 bits per heavy atom. The molecule has 1 unspecified atom stereocenters. The van der Waals surface area contributed by atoms with Gasteiger partial charge >= 0.3 is 0 Å². The van der Waals surface area contributed by atoms with Gasteiger partial charge in [-0.2, -0.15) is 11.1 Å². The third kappa shape index (κ3) is 2.10. The minimum absolute atomic E-state index is 0.479. The maximum Gasteiger partial charge on any atom is 0.161 e. The molecule has 20 heavy (non-hydrogen) atoms. The van der Waals surface area contributed by atoms with Crippen LogP contribution in [-0.4, -0.2) is 7.38 Å². The molecule has 1 atom stereocenters. The zero-order valence-corrected chi connectivity index (χ0v) is 15.9. The first-order chi connectivity index (χ1) is 9.12. The third-order valence-corrected chi connectivity index (χ3v) is 8.02. The van der Waals surface area contributed by atoms with Gasteiger partial charge in [-0.15, -0.1) is 0 Å². The minimum Gasteiger partial charge on any atom is -0.167 e. The Balaban J connectivity index is 2.90. The van der Waals surface area contributed by atoms with Crippen molar-refractivity contribution in [3.8, 4) is 0 Å². The molecule has 0 saturated carbocycles. The van der Waals surface area contributed by atoms with Crippen LogP contribution < -0.4 is 0 Å². The van der Waals surface area contributed by atoms with Crippen molar-refractivity contribution in [3.05, 3.63) is 39.0 Å². The van der Waals surface area contributed by atoms with Crippen LogP contribution in [0.1, 0.15) is 59.2 Å². The third-order valence-electron chi connectivity index (χ3n) is 5.28. The number of hydrogen-bond acceptors (Lipinski definition) is 0. The summed E-state index contributed by atoms with van der Waals surface area (Å²) in [5.41, 5.74) is 12.5. The lowest BCUT2D eigenvalue weighted by Crippen LogP contribution is -2.29. The zero-order valence-electron chi connectivity index (χ0n) is 14.2. The summed E-state index contributed by atoms with van der Waals surface area (Å²) in [6, 6.07) is 0. The highest BCUT2D eigenvalue weighted by Crippen LogP contribution is 2.52. The first-order valence-corrected chi connectivity index (χ1v) is 11.7. The van der Waals surface area contributed by atoms with E-state index in [4.69, 9.17) is 11.1 Å². The molecule has 0 heterocycles. The number of halogens is 1. The maximum atomic E-state index is 6.91. The zero-order chi connectivity index (χ0) is 15.4. The molecule has 1 aliphatic rings. The average Bonchev–Trinajstić information content (AvgIpc) is 2.66. The molecule has 1 aliphatic carbocycles. The van der Waals surface area contributed by atoms with Gasteiger partial charge in [-0.05, 0) is 80.0 Å². The van der Waals surface area contributed by atoms with E-state index >= 15 is 0 Å². The van der Waals surface area contributed by atoms with Gasteiger partial charge in [0.2, 0.25) is 0 Å². The first-order valence-electron chi connectivity index (χ1n) is 7.62. The number of rotatable bonds is 2. The summed E-state index contributed by atoms with van der Waals surface area (Å²) in [4.78, 5) is 0. The molecule has 0 saturated heterocycles. The molecule has 0 aromatic heterocycles. The van der Waals surface area contributed by atoms with Crippen LogP contribution in [0.5, 0.6) is 0 Å². The molecule has 110 valence electrons. The Morgan fingerprint density at radius 2 is 1.40 bits per heavy atom. The summed E-state index contributed by atoms with van der Waals surface area (Å²) < 4.78 is 0. The van der Waals surface area contributed by atoms with Crippen molar-refractivity contribution >= 4 is 24.0 Å². The topological polar surface area (TPSA) is 0 Å². The van der Waals surface area contributed by atoms with Crippen molar-refractivity contribution in [1.82, 2.24) is 0 Å². The molecular weight excluding hydrogens is 280 g/mol. The van der Waals surface area contributed by atoms with Crippen molar-refractivity contribution in [2.24, 2.45) is 0 Å². The van der Waals surface area contributed by atoms with Crippen LogP contribution in [0.3, 0.4) is 0 Å². The molecule has 1 aromatic rings. The van der Waals surface area contributed by atoms with Gasteiger partial charge in [0.1, 0.15) is 0 Å². The quantitative estimate of drug-likeness (QED) is 0.452. The van der Waals surface area contributed by atoms with Gasteiger partial charge in [0.25, 0.3) is 0 Å². The van der Waals surface area contributed by atoms with Gasteiger partial charge in [-0.3, -0.25) is 0 Å². The van der Waals surface area contributed by atoms with Crippen molar-refractivity contribution < 1.29 is 0 Å². The van der Waals surface area contributed by atoms with Crippen LogP contribution in [0.4, 0.5) is 0 Å². The van der Waals surface area contributed by atoms with Crippen LogP contribution in [0.25, 0.3) is 5.57 Å². The highest BCUT2D eigenvalue weighted by molar-refractivity contribution is 7.20. The Labute approximate surface area is 130 Å². The summed E-state index contributed by atoms with van der Waals surface area (Å²) in [6.45, 7) is 18.3. The second kappa shape index (κ2) is 5.03. The molecule has 0 aliphatic heterocycles. The van der Waals surface area contributed by atoms with E-state index in [0.717, 1.165) is 6.42 Å². The smallest absolute Gasteiger partial charge is 0.161 e. The molecule has 0 N–H and O–H groups in total. The van der Waals surface area contributed by atoms with E-state index in [-0.39, 0.29) is 0 Å². The van der Waals surface area contributed by atoms with Gasteiger partial charge < -0.3 is 0 Å². The fourth-order valence-electron chi connectivity index (χ4n) is 3.99.